The maximum absolute atomic E-state index is 13.4. The van der Waals surface area contributed by atoms with Crippen LogP contribution in [0.4, 0.5) is 52.7 Å². The number of aromatic nitrogens is 16. The van der Waals surface area contributed by atoms with Gasteiger partial charge in [0.2, 0.25) is 0 Å². The van der Waals surface area contributed by atoms with Crippen LogP contribution in [0.2, 0.25) is 10.0 Å². The Bertz CT molecular complexity index is 7230. The Labute approximate surface area is 823 Å². The number of hydrogen-bond acceptors (Lipinski definition) is 24. The first-order valence-electron chi connectivity index (χ1n) is 40.4. The third-order valence-corrected chi connectivity index (χ3v) is 22.0. The van der Waals surface area contributed by atoms with Crippen LogP contribution in [0.25, 0.3) is 44.1 Å². The monoisotopic (exact) mass is 2230 g/mol. The number of hydrogen-bond donors (Lipinski definition) is 4. The number of aliphatic hydroxyl groups excluding tert-OH is 2. The molecule has 1 atom stereocenters. The van der Waals surface area contributed by atoms with Gasteiger partial charge in [-0.2, -0.15) is 52.7 Å². The number of aldehydes is 1. The van der Waals surface area contributed by atoms with E-state index in [4.69, 9.17) is 42.9 Å². The Hall–Kier alpha value is -12.7. The molecule has 0 spiro atoms. The fourth-order valence-corrected chi connectivity index (χ4v) is 14.6. The standard InChI is InChI=1S/C24H20ClF3N4O4.C19H16BrF3N4O4.C19H18BrF3N4O3.C12H14BrN3O2.C7H4F3NO.C6H5ClO.CH2O2.Zn/c1-31-21-20(22(34)32(23(31)35)8-3-9-33)17(10-14-6-7-19(29-12-14)24(26,27)28)18(13-30-21)36-16-5-2-4-15(25)11-16;1-26-16-15(17(29)27(18(26)30)5-2-6-31-10-28)12(13(20)9-25-16)7-11-3-4-14(24-8-11)19(21,22)23;1-3-4-7-27-17(29)14-13(11(20)9-25-16(14)26(2)18(27)30)15(28)10-5-6-12(24-8-10)19(21,22)23;1-3-4-5-16-11(17)9-6-8(13)7-14-10(9)15(2)12(16)18;8-7(9,10)6-2-1-5(4-12)3-11-6;7-5-2-1-3-6(8)4-5;2-1-3;/h2,4-7,11-13,33H,3,8-10H2,1H3;3-4,8-10H,2,5-7H2,1H3;5-6,8-9,15,28H,3-4,7H2,1-2H3;6-7H,3-5H2,1-2H3;1-4H;1-4,8H;1H,(H,2,3);. The number of aromatic hydroxyl groups is 1. The molecule has 0 aliphatic rings. The zero-order chi connectivity index (χ0) is 102. The van der Waals surface area contributed by atoms with Crippen molar-refractivity contribution in [3.63, 3.8) is 0 Å². The molecular weight excluding hydrogens is 2160 g/mol. The second-order valence-corrected chi connectivity index (χ2v) is 32.7. The first-order valence-corrected chi connectivity index (χ1v) is 43.5. The van der Waals surface area contributed by atoms with E-state index >= 15 is 0 Å². The van der Waals surface area contributed by atoms with Crippen LogP contribution in [0.1, 0.15) is 125 Å². The van der Waals surface area contributed by atoms with Crippen molar-refractivity contribution in [2.75, 3.05) is 13.2 Å². The van der Waals surface area contributed by atoms with Crippen molar-refractivity contribution in [1.29, 1.82) is 0 Å². The van der Waals surface area contributed by atoms with Crippen molar-refractivity contribution < 1.29 is 116 Å². The average Bonchev–Trinajstić information content (AvgIpc) is 0.758. The molecule has 14 aromatic rings. The number of carbonyl (C=O) groups is 3. The minimum absolute atomic E-state index is 0. The molecule has 4 N–H and O–H groups in total. The summed E-state index contributed by atoms with van der Waals surface area (Å²) in [4.78, 5) is 161. The number of ether oxygens (including phenoxy) is 2. The average molecular weight is 2240 g/mol. The molecule has 14 rings (SSSR count). The summed E-state index contributed by atoms with van der Waals surface area (Å²) >= 11 is 21.4. The molecule has 12 aromatic heterocycles. The van der Waals surface area contributed by atoms with Gasteiger partial charge in [-0.15, -0.1) is 0 Å². The summed E-state index contributed by atoms with van der Waals surface area (Å²) in [5.41, 5.74) is -5.73. The third-order valence-electron chi connectivity index (χ3n) is 19.7. The maximum Gasteiger partial charge on any atom is 0.433 e. The molecule has 1 unspecified atom stereocenters. The van der Waals surface area contributed by atoms with Gasteiger partial charge in [-0.1, -0.05) is 80.2 Å². The number of phenolic OH excluding ortho intramolecular Hbond substituents is 1. The van der Waals surface area contributed by atoms with Crippen molar-refractivity contribution in [3.05, 3.63) is 321 Å². The molecule has 12 heterocycles. The number of benzene rings is 2. The first-order chi connectivity index (χ1) is 65.1. The predicted molar refractivity (Wildman–Crippen MR) is 492 cm³/mol. The van der Waals surface area contributed by atoms with E-state index in [-0.39, 0.29) is 168 Å². The second-order valence-electron chi connectivity index (χ2n) is 29.2. The number of halogens is 17. The molecule has 33 nitrogen and oxygen atoms in total. The van der Waals surface area contributed by atoms with Crippen LogP contribution < -0.4 is 49.7 Å². The molecule has 0 aliphatic heterocycles. The van der Waals surface area contributed by atoms with Crippen LogP contribution in [-0.4, -0.2) is 129 Å². The van der Waals surface area contributed by atoms with Gasteiger partial charge >= 0.3 is 47.5 Å². The van der Waals surface area contributed by atoms with Gasteiger partial charge < -0.3 is 29.9 Å². The van der Waals surface area contributed by atoms with Gasteiger partial charge in [0.25, 0.3) is 35.2 Å². The Morgan fingerprint density at radius 3 is 1.29 bits per heavy atom. The minimum Gasteiger partial charge on any atom is -0.508 e. The molecule has 51 heteroatoms. The van der Waals surface area contributed by atoms with E-state index in [0.29, 0.717) is 72.8 Å². The van der Waals surface area contributed by atoms with E-state index in [1.54, 1.807) is 61.8 Å². The number of aliphatic hydroxyl groups is 2. The first kappa shape index (κ1) is 113. The molecule has 2 aromatic carbocycles. The van der Waals surface area contributed by atoms with Gasteiger partial charge in [-0.05, 0) is 163 Å². The van der Waals surface area contributed by atoms with E-state index in [2.05, 4.69) is 92.4 Å². The summed E-state index contributed by atoms with van der Waals surface area (Å²) in [6.45, 7) is 4.41. The summed E-state index contributed by atoms with van der Waals surface area (Å²) in [6, 6.07) is 22.6. The summed E-state index contributed by atoms with van der Waals surface area (Å²) in [5.74, 6) is 0.715. The van der Waals surface area contributed by atoms with Crippen LogP contribution in [0, 0.1) is 0 Å². The molecule has 139 heavy (non-hydrogen) atoms. The SMILES string of the molecule is CCCCn1c(=O)c2c(C(O)c3ccc(C(F)(F)F)nc3)c(Br)cnc2n(C)c1=O.CCCCn1c(=O)c2cc(Br)cnc2n(C)c1=O.Cn1c(=O)n(CCCO)c(=O)c2c(Cc3ccc(C(F)(F)F)nc3)c(Oc3cccc(Cl)c3)cnc21.Cn1c(=O)n(CCCOC=O)c(=O)c2c(Cc3ccc(C(F)(F)F)nc3)c(Br)cnc21.O=CO.O=Cc1ccc(C(F)(F)F)nc1.Oc1cccc(Cl)c1.[Zn]. The van der Waals surface area contributed by atoms with Gasteiger partial charge in [0, 0.05) is 182 Å². The van der Waals surface area contributed by atoms with Crippen LogP contribution in [0.3, 0.4) is 0 Å². The number of carbonyl (C=O) groups excluding carboxylic acids is 2. The zero-order valence-electron chi connectivity index (χ0n) is 73.5. The Morgan fingerprint density at radius 2 is 0.871 bits per heavy atom. The molecular formula is C88H79Br3Cl2F12N16O17Zn. The van der Waals surface area contributed by atoms with Crippen LogP contribution >= 0.6 is 71.0 Å². The molecule has 0 saturated heterocycles. The molecule has 0 aliphatic carbocycles. The van der Waals surface area contributed by atoms with E-state index < -0.39 is 87.3 Å². The van der Waals surface area contributed by atoms with Crippen LogP contribution in [-0.2, 0) is 126 Å². The molecule has 734 valence electrons. The van der Waals surface area contributed by atoms with Crippen molar-refractivity contribution in [1.82, 2.24) is 76.4 Å². The Kier molecular flexibility index (Phi) is 41.4. The van der Waals surface area contributed by atoms with Crippen molar-refractivity contribution in [3.8, 4) is 17.2 Å². The Balaban J connectivity index is 0.000000237. The quantitative estimate of drug-likeness (QED) is 0.0200. The van der Waals surface area contributed by atoms with Crippen molar-refractivity contribution >= 4 is 134 Å². The molecule has 0 fully saturated rings. The predicted octanol–water partition coefficient (Wildman–Crippen LogP) is 14.8. The van der Waals surface area contributed by atoms with Gasteiger partial charge in [0.1, 0.15) is 68.7 Å². The van der Waals surface area contributed by atoms with Gasteiger partial charge in [0.05, 0.1) is 34.3 Å². The molecule has 0 radical (unpaired) electrons. The van der Waals surface area contributed by atoms with Gasteiger partial charge in [0.15, 0.2) is 6.29 Å². The molecule has 0 saturated carbocycles. The number of phenols is 1. The summed E-state index contributed by atoms with van der Waals surface area (Å²) in [5, 5.41) is 37.4. The molecule has 0 bridgehead atoms. The number of alkyl halides is 12. The van der Waals surface area contributed by atoms with Crippen molar-refractivity contribution in [2.45, 2.75) is 122 Å². The Morgan fingerprint density at radius 1 is 0.460 bits per heavy atom. The van der Waals surface area contributed by atoms with Crippen molar-refractivity contribution in [2.24, 2.45) is 28.2 Å². The normalized spacial score (nSPS) is 11.5. The fourth-order valence-electron chi connectivity index (χ4n) is 13.0. The summed E-state index contributed by atoms with van der Waals surface area (Å²) < 4.78 is 173. The topological polar surface area (TPSA) is 430 Å². The smallest absolute Gasteiger partial charge is 0.433 e. The largest absolute Gasteiger partial charge is 0.508 e. The number of rotatable bonds is 23. The number of fused-ring (bicyclic) bond motifs is 4. The van der Waals surface area contributed by atoms with Gasteiger partial charge in [-0.3, -0.25) is 90.0 Å². The van der Waals surface area contributed by atoms with E-state index in [9.17, 15) is 111 Å². The number of pyridine rings is 8. The number of nitrogens with zero attached hydrogens (tertiary/aromatic N) is 16. The summed E-state index contributed by atoms with van der Waals surface area (Å²) in [7, 11) is 6.01. The summed E-state index contributed by atoms with van der Waals surface area (Å²) in [6.07, 6.45) is -6.02. The van der Waals surface area contributed by atoms with Gasteiger partial charge in [-0.25, -0.2) is 39.1 Å². The van der Waals surface area contributed by atoms with Crippen LogP contribution in [0.5, 0.6) is 17.2 Å². The minimum atomic E-state index is -4.61. The number of unbranched alkanes of at least 4 members (excludes halogenated alkanes) is 2. The molecule has 0 amide bonds. The van der Waals surface area contributed by atoms with E-state index in [1.165, 1.54) is 80.8 Å². The second kappa shape index (κ2) is 50.8. The van der Waals surface area contributed by atoms with E-state index in [0.717, 1.165) is 98.6 Å². The zero-order valence-corrected chi connectivity index (χ0v) is 82.8. The number of carboxylic acid groups (broad SMARTS) is 1. The number of aryl methyl sites for hydroxylation is 4. The van der Waals surface area contributed by atoms with Crippen LogP contribution in [0.15, 0.2) is 204 Å². The maximum atomic E-state index is 13.4. The third kappa shape index (κ3) is 29.2. The fraction of sp³-hybridized carbons (Fsp3) is 0.284. The van der Waals surface area contributed by atoms with E-state index in [1.807, 2.05) is 13.8 Å².